The number of anilines is 1. The number of rotatable bonds is 6. The first-order valence-electron chi connectivity index (χ1n) is 7.32. The zero-order chi connectivity index (χ0) is 15.2. The minimum absolute atomic E-state index is 0.133. The second kappa shape index (κ2) is 7.02. The maximum Gasteiger partial charge on any atom is 0.229 e. The quantitative estimate of drug-likeness (QED) is 0.815. The van der Waals surface area contributed by atoms with E-state index in [0.717, 1.165) is 18.5 Å². The molecule has 1 aromatic rings. The molecular weight excluding hydrogens is 268 g/mol. The highest BCUT2D eigenvalue weighted by molar-refractivity contribution is 6.02. The van der Waals surface area contributed by atoms with Crippen molar-refractivity contribution < 1.29 is 14.4 Å². The van der Waals surface area contributed by atoms with Gasteiger partial charge >= 0.3 is 0 Å². The van der Waals surface area contributed by atoms with Gasteiger partial charge < -0.3 is 5.32 Å². The van der Waals surface area contributed by atoms with Crippen molar-refractivity contribution in [3.05, 3.63) is 29.8 Å². The molecule has 5 heteroatoms. The molecule has 0 radical (unpaired) electrons. The molecule has 21 heavy (non-hydrogen) atoms. The summed E-state index contributed by atoms with van der Waals surface area (Å²) in [6, 6.07) is 7.73. The summed E-state index contributed by atoms with van der Waals surface area (Å²) in [6.07, 6.45) is 2.77. The van der Waals surface area contributed by atoms with Gasteiger partial charge in [-0.05, 0) is 24.1 Å². The van der Waals surface area contributed by atoms with E-state index in [9.17, 15) is 14.4 Å². The Bertz CT molecular complexity index is 521. The minimum Gasteiger partial charge on any atom is -0.326 e. The van der Waals surface area contributed by atoms with Gasteiger partial charge in [-0.2, -0.15) is 0 Å². The molecule has 0 spiro atoms. The van der Waals surface area contributed by atoms with Crippen molar-refractivity contribution in [1.82, 2.24) is 4.90 Å². The second-order valence-electron chi connectivity index (χ2n) is 5.18. The van der Waals surface area contributed by atoms with Gasteiger partial charge in [0.2, 0.25) is 17.7 Å². The number of imide groups is 1. The summed E-state index contributed by atoms with van der Waals surface area (Å²) >= 11 is 0. The van der Waals surface area contributed by atoms with E-state index >= 15 is 0 Å². The van der Waals surface area contributed by atoms with Gasteiger partial charge in [-0.3, -0.25) is 19.3 Å². The van der Waals surface area contributed by atoms with Crippen LogP contribution < -0.4 is 5.32 Å². The SMILES string of the molecule is CCCc1ccc(NC(=O)CCN2C(=O)CCC2=O)cc1. The van der Waals surface area contributed by atoms with Crippen LogP contribution in [0.3, 0.4) is 0 Å². The molecule has 0 bridgehead atoms. The average Bonchev–Trinajstić information content (AvgIpc) is 2.78. The Balaban J connectivity index is 1.81. The lowest BCUT2D eigenvalue weighted by molar-refractivity contribution is -0.138. The van der Waals surface area contributed by atoms with E-state index in [1.54, 1.807) is 0 Å². The summed E-state index contributed by atoms with van der Waals surface area (Å²) in [5.41, 5.74) is 1.97. The van der Waals surface area contributed by atoms with Crippen molar-refractivity contribution in [1.29, 1.82) is 0 Å². The fraction of sp³-hybridized carbons (Fsp3) is 0.438. The van der Waals surface area contributed by atoms with E-state index in [1.165, 1.54) is 10.5 Å². The molecule has 1 heterocycles. The third kappa shape index (κ3) is 4.15. The number of amides is 3. The van der Waals surface area contributed by atoms with Crippen LogP contribution in [-0.4, -0.2) is 29.2 Å². The Morgan fingerprint density at radius 1 is 1.14 bits per heavy atom. The fourth-order valence-electron chi connectivity index (χ4n) is 2.35. The number of aryl methyl sites for hydroxylation is 1. The molecule has 0 aromatic heterocycles. The van der Waals surface area contributed by atoms with Crippen LogP contribution in [0.25, 0.3) is 0 Å². The van der Waals surface area contributed by atoms with Crippen molar-refractivity contribution in [2.75, 3.05) is 11.9 Å². The third-order valence-corrected chi connectivity index (χ3v) is 3.49. The first-order valence-corrected chi connectivity index (χ1v) is 7.32. The number of likely N-dealkylation sites (tertiary alicyclic amines) is 1. The van der Waals surface area contributed by atoms with E-state index in [4.69, 9.17) is 0 Å². The summed E-state index contributed by atoms with van der Waals surface area (Å²) in [5, 5.41) is 2.78. The number of hydrogen-bond donors (Lipinski definition) is 1. The van der Waals surface area contributed by atoms with Crippen LogP contribution >= 0.6 is 0 Å². The molecule has 1 aliphatic rings. The summed E-state index contributed by atoms with van der Waals surface area (Å²) in [4.78, 5) is 35.9. The molecule has 1 saturated heterocycles. The van der Waals surface area contributed by atoms with Crippen LogP contribution in [0.5, 0.6) is 0 Å². The van der Waals surface area contributed by atoms with Crippen LogP contribution in [0.1, 0.15) is 38.2 Å². The number of carbonyl (C=O) groups excluding carboxylic acids is 3. The van der Waals surface area contributed by atoms with Gasteiger partial charge in [0.15, 0.2) is 0 Å². The highest BCUT2D eigenvalue weighted by Gasteiger charge is 2.28. The Labute approximate surface area is 124 Å². The maximum absolute atomic E-state index is 11.8. The fourth-order valence-corrected chi connectivity index (χ4v) is 2.35. The molecule has 5 nitrogen and oxygen atoms in total. The van der Waals surface area contributed by atoms with E-state index in [-0.39, 0.29) is 43.5 Å². The van der Waals surface area contributed by atoms with Crippen molar-refractivity contribution in [2.24, 2.45) is 0 Å². The van der Waals surface area contributed by atoms with Gasteiger partial charge in [-0.1, -0.05) is 25.5 Å². The summed E-state index contributed by atoms with van der Waals surface area (Å²) in [6.45, 7) is 2.29. The third-order valence-electron chi connectivity index (χ3n) is 3.49. The van der Waals surface area contributed by atoms with Crippen LogP contribution in [0.2, 0.25) is 0 Å². The summed E-state index contributed by atoms with van der Waals surface area (Å²) in [7, 11) is 0. The standard InChI is InChI=1S/C16H20N2O3/c1-2-3-12-4-6-13(7-5-12)17-14(19)10-11-18-15(20)8-9-16(18)21/h4-7H,2-3,8-11H2,1H3,(H,17,19). The molecule has 1 aromatic carbocycles. The molecule has 0 aliphatic carbocycles. The second-order valence-corrected chi connectivity index (χ2v) is 5.18. The van der Waals surface area contributed by atoms with Gasteiger partial charge in [-0.15, -0.1) is 0 Å². The molecule has 1 aliphatic heterocycles. The number of nitrogens with zero attached hydrogens (tertiary/aromatic N) is 1. The van der Waals surface area contributed by atoms with Crippen LogP contribution in [0, 0.1) is 0 Å². The number of benzene rings is 1. The lowest BCUT2D eigenvalue weighted by atomic mass is 10.1. The smallest absolute Gasteiger partial charge is 0.229 e. The van der Waals surface area contributed by atoms with Gasteiger partial charge in [0.1, 0.15) is 0 Å². The molecule has 0 saturated carbocycles. The molecule has 1 fully saturated rings. The Morgan fingerprint density at radius 3 is 2.33 bits per heavy atom. The van der Waals surface area contributed by atoms with E-state index in [1.807, 2.05) is 24.3 Å². The highest BCUT2D eigenvalue weighted by atomic mass is 16.2. The minimum atomic E-state index is -0.189. The van der Waals surface area contributed by atoms with Crippen LogP contribution in [0.15, 0.2) is 24.3 Å². The normalized spacial score (nSPS) is 14.6. The van der Waals surface area contributed by atoms with E-state index in [0.29, 0.717) is 0 Å². The summed E-state index contributed by atoms with van der Waals surface area (Å²) < 4.78 is 0. The Morgan fingerprint density at radius 2 is 1.76 bits per heavy atom. The zero-order valence-corrected chi connectivity index (χ0v) is 12.2. The van der Waals surface area contributed by atoms with Gasteiger partial charge in [0, 0.05) is 31.5 Å². The lowest BCUT2D eigenvalue weighted by Crippen LogP contribution is -2.32. The molecule has 0 atom stereocenters. The van der Waals surface area contributed by atoms with Gasteiger partial charge in [0.05, 0.1) is 0 Å². The molecule has 1 N–H and O–H groups in total. The average molecular weight is 288 g/mol. The van der Waals surface area contributed by atoms with Crippen LogP contribution in [-0.2, 0) is 20.8 Å². The first-order chi connectivity index (χ1) is 10.1. The van der Waals surface area contributed by atoms with Crippen molar-refractivity contribution in [2.45, 2.75) is 39.0 Å². The molecule has 0 unspecified atom stereocenters. The summed E-state index contributed by atoms with van der Waals surface area (Å²) in [5.74, 6) is -0.556. The van der Waals surface area contributed by atoms with Crippen molar-refractivity contribution >= 4 is 23.4 Å². The monoisotopic (exact) mass is 288 g/mol. The van der Waals surface area contributed by atoms with Crippen molar-refractivity contribution in [3.63, 3.8) is 0 Å². The lowest BCUT2D eigenvalue weighted by Gasteiger charge is -2.13. The predicted molar refractivity (Wildman–Crippen MR) is 79.6 cm³/mol. The molecule has 2 rings (SSSR count). The predicted octanol–water partition coefficient (Wildman–Crippen LogP) is 2.12. The van der Waals surface area contributed by atoms with Gasteiger partial charge in [-0.25, -0.2) is 0 Å². The van der Waals surface area contributed by atoms with E-state index in [2.05, 4.69) is 12.2 Å². The highest BCUT2D eigenvalue weighted by Crippen LogP contribution is 2.13. The first kappa shape index (κ1) is 15.2. The number of nitrogens with one attached hydrogen (secondary N) is 1. The maximum atomic E-state index is 11.8. The Kier molecular flexibility index (Phi) is 5.09. The van der Waals surface area contributed by atoms with Crippen LogP contribution in [0.4, 0.5) is 5.69 Å². The molecule has 3 amide bonds. The van der Waals surface area contributed by atoms with E-state index < -0.39 is 0 Å². The number of hydrogen-bond acceptors (Lipinski definition) is 3. The topological polar surface area (TPSA) is 66.5 Å². The van der Waals surface area contributed by atoms with Crippen molar-refractivity contribution in [3.8, 4) is 0 Å². The van der Waals surface area contributed by atoms with Gasteiger partial charge in [0.25, 0.3) is 0 Å². The largest absolute Gasteiger partial charge is 0.326 e. The molecule has 112 valence electrons. The number of carbonyl (C=O) groups is 3. The zero-order valence-electron chi connectivity index (χ0n) is 12.2. The molecular formula is C16H20N2O3. The Hall–Kier alpha value is -2.17.